The minimum absolute atomic E-state index is 0.00245. The molecule has 0 radical (unpaired) electrons. The first-order valence-electron chi connectivity index (χ1n) is 14.5. The van der Waals surface area contributed by atoms with Crippen LogP contribution in [0.2, 0.25) is 0 Å². The zero-order valence-electron chi connectivity index (χ0n) is 24.1. The fourth-order valence-corrected chi connectivity index (χ4v) is 6.99. The molecule has 12 heteroatoms. The van der Waals surface area contributed by atoms with Crippen molar-refractivity contribution in [2.24, 2.45) is 0 Å². The molecule has 1 aliphatic heterocycles. The van der Waals surface area contributed by atoms with Gasteiger partial charge in [0.1, 0.15) is 17.5 Å². The van der Waals surface area contributed by atoms with Crippen LogP contribution < -0.4 is 20.7 Å². The van der Waals surface area contributed by atoms with Gasteiger partial charge in [-0.2, -0.15) is 4.98 Å². The van der Waals surface area contributed by atoms with Crippen LogP contribution in [0.4, 0.5) is 31.9 Å². The van der Waals surface area contributed by atoms with Gasteiger partial charge in [0.15, 0.2) is 0 Å². The first-order valence-corrected chi connectivity index (χ1v) is 16.0. The predicted molar refractivity (Wildman–Crippen MR) is 165 cm³/mol. The van der Waals surface area contributed by atoms with E-state index in [0.717, 1.165) is 18.4 Å². The summed E-state index contributed by atoms with van der Waals surface area (Å²) in [7, 11) is -3.68. The van der Waals surface area contributed by atoms with Crippen LogP contribution in [-0.2, 0) is 20.2 Å². The van der Waals surface area contributed by atoms with E-state index < -0.39 is 33.0 Å². The van der Waals surface area contributed by atoms with Gasteiger partial charge in [-0.1, -0.05) is 42.7 Å². The molecule has 2 aliphatic rings. The third-order valence-corrected chi connectivity index (χ3v) is 9.64. The molecule has 0 unspecified atom stereocenters. The molecule has 2 heterocycles. The summed E-state index contributed by atoms with van der Waals surface area (Å²) in [5, 5.41) is 8.97. The van der Waals surface area contributed by atoms with Gasteiger partial charge in [0, 0.05) is 36.1 Å². The van der Waals surface area contributed by atoms with E-state index in [9.17, 15) is 17.6 Å². The van der Waals surface area contributed by atoms with E-state index >= 15 is 4.39 Å². The molecule has 0 saturated heterocycles. The summed E-state index contributed by atoms with van der Waals surface area (Å²) >= 11 is 0. The summed E-state index contributed by atoms with van der Waals surface area (Å²) < 4.78 is 58.4. The molecule has 6 rings (SSSR count). The number of anilines is 4. The van der Waals surface area contributed by atoms with E-state index in [1.807, 2.05) is 6.92 Å². The molecule has 1 aliphatic carbocycles. The number of nitrogens with one attached hydrogen (secondary N) is 4. The van der Waals surface area contributed by atoms with Gasteiger partial charge >= 0.3 is 0 Å². The number of carbonyl (C=O) groups excluding carboxylic acids is 1. The van der Waals surface area contributed by atoms with Crippen molar-refractivity contribution in [2.45, 2.75) is 49.3 Å². The van der Waals surface area contributed by atoms with E-state index in [1.54, 1.807) is 36.5 Å². The molecule has 4 bridgehead atoms. The molecular formula is C32H32F2N6O3S. The minimum Gasteiger partial charge on any atom is -0.369 e. The smallest absolute Gasteiger partial charge is 0.240 e. The lowest BCUT2D eigenvalue weighted by molar-refractivity contribution is -0.121. The average Bonchev–Trinajstić information content (AvgIpc) is 3.50. The number of carbonyl (C=O) groups is 1. The van der Waals surface area contributed by atoms with Crippen molar-refractivity contribution in [1.29, 1.82) is 0 Å². The first kappa shape index (κ1) is 29.6. The van der Waals surface area contributed by atoms with Crippen LogP contribution in [0.15, 0.2) is 71.8 Å². The summed E-state index contributed by atoms with van der Waals surface area (Å²) in [4.78, 5) is 22.7. The van der Waals surface area contributed by atoms with Gasteiger partial charge in [0.25, 0.3) is 0 Å². The van der Waals surface area contributed by atoms with Crippen LogP contribution in [-0.4, -0.2) is 37.4 Å². The van der Waals surface area contributed by atoms with Gasteiger partial charge in [-0.05, 0) is 68.1 Å². The lowest BCUT2D eigenvalue weighted by Crippen LogP contribution is -2.39. The van der Waals surface area contributed by atoms with Crippen molar-refractivity contribution in [1.82, 2.24) is 14.7 Å². The average molecular weight is 619 g/mol. The molecule has 44 heavy (non-hydrogen) atoms. The Kier molecular flexibility index (Phi) is 8.04. The highest BCUT2D eigenvalue weighted by Crippen LogP contribution is 2.43. The fraction of sp³-hybridized carbons (Fsp3) is 0.281. The number of fused-ring (bicyclic) bond motifs is 4. The van der Waals surface area contributed by atoms with Gasteiger partial charge in [-0.3, -0.25) is 4.79 Å². The zero-order valence-corrected chi connectivity index (χ0v) is 24.9. The van der Waals surface area contributed by atoms with Crippen molar-refractivity contribution in [2.75, 3.05) is 29.0 Å². The SMILES string of the molecule is Cc1ccc(F)c(C2(C(=O)Nc3ccc(-c4cnc5nc4NCCCNS(=O)(=O)c4cccc(c4)N5)cc3F)CCCC2)c1. The third-order valence-electron chi connectivity index (χ3n) is 8.18. The van der Waals surface area contributed by atoms with Crippen LogP contribution in [0.5, 0.6) is 0 Å². The zero-order chi connectivity index (χ0) is 30.9. The fourth-order valence-electron chi connectivity index (χ4n) is 5.87. The maximum Gasteiger partial charge on any atom is 0.240 e. The Morgan fingerprint density at radius 1 is 0.955 bits per heavy atom. The summed E-state index contributed by atoms with van der Waals surface area (Å²) in [5.74, 6) is -0.860. The number of halogens is 2. The standard InChI is InChI=1S/C32H32F2N6O3S/c1-20-8-10-26(33)25(16-20)32(12-2-3-13-32)30(41)39-28-11-9-21(17-27(28)34)24-19-36-31-38-22-6-4-7-23(18-22)44(42,43)37-15-5-14-35-29(24)40-31/h4,6-11,16-19,37H,2-3,5,12-15H2,1H3,(H,39,41)(H2,35,36,38,40). The van der Waals surface area contributed by atoms with Crippen molar-refractivity contribution in [3.63, 3.8) is 0 Å². The number of hydrogen-bond donors (Lipinski definition) is 4. The third kappa shape index (κ3) is 5.87. The van der Waals surface area contributed by atoms with E-state index in [-0.39, 0.29) is 23.1 Å². The number of aromatic nitrogens is 2. The monoisotopic (exact) mass is 618 g/mol. The van der Waals surface area contributed by atoms with Gasteiger partial charge in [0.05, 0.1) is 16.0 Å². The quantitative estimate of drug-likeness (QED) is 0.221. The normalized spacial score (nSPS) is 17.2. The van der Waals surface area contributed by atoms with Gasteiger partial charge in [-0.15, -0.1) is 0 Å². The van der Waals surface area contributed by atoms with Crippen molar-refractivity contribution < 1.29 is 22.0 Å². The summed E-state index contributed by atoms with van der Waals surface area (Å²) in [6.45, 7) is 2.45. The van der Waals surface area contributed by atoms with Crippen LogP contribution in [0.1, 0.15) is 43.2 Å². The maximum absolute atomic E-state index is 15.6. The highest BCUT2D eigenvalue weighted by atomic mass is 32.2. The van der Waals surface area contributed by atoms with Crippen molar-refractivity contribution in [3.05, 3.63) is 89.6 Å². The molecular weight excluding hydrogens is 586 g/mol. The number of aryl methyl sites for hydroxylation is 1. The van der Waals surface area contributed by atoms with Gasteiger partial charge in [0.2, 0.25) is 21.9 Å². The molecule has 0 atom stereocenters. The molecule has 9 nitrogen and oxygen atoms in total. The highest BCUT2D eigenvalue weighted by Gasteiger charge is 2.44. The van der Waals surface area contributed by atoms with Crippen LogP contribution in [0.3, 0.4) is 0 Å². The Morgan fingerprint density at radius 2 is 1.77 bits per heavy atom. The highest BCUT2D eigenvalue weighted by molar-refractivity contribution is 7.89. The molecule has 4 aromatic rings. The van der Waals surface area contributed by atoms with E-state index in [4.69, 9.17) is 0 Å². The van der Waals surface area contributed by atoms with Crippen LogP contribution in [0, 0.1) is 18.6 Å². The van der Waals surface area contributed by atoms with E-state index in [2.05, 4.69) is 30.6 Å². The Bertz CT molecular complexity index is 1840. The van der Waals surface area contributed by atoms with Crippen molar-refractivity contribution >= 4 is 39.1 Å². The number of amides is 1. The Hall–Kier alpha value is -4.42. The molecule has 3 aromatic carbocycles. The molecule has 1 fully saturated rings. The number of benzene rings is 3. The molecule has 228 valence electrons. The lowest BCUT2D eigenvalue weighted by atomic mass is 9.77. The number of rotatable bonds is 4. The topological polar surface area (TPSA) is 125 Å². The number of nitrogens with zero attached hydrogens (tertiary/aromatic N) is 2. The molecule has 0 spiro atoms. The largest absolute Gasteiger partial charge is 0.369 e. The Balaban J connectivity index is 1.28. The molecule has 4 N–H and O–H groups in total. The Labute approximate surface area is 254 Å². The molecule has 1 saturated carbocycles. The summed E-state index contributed by atoms with van der Waals surface area (Å²) in [5.41, 5.74) is 1.62. The maximum atomic E-state index is 15.6. The number of sulfonamides is 1. The van der Waals surface area contributed by atoms with E-state index in [0.29, 0.717) is 54.0 Å². The minimum atomic E-state index is -3.68. The molecule has 1 amide bonds. The lowest BCUT2D eigenvalue weighted by Gasteiger charge is -2.29. The predicted octanol–water partition coefficient (Wildman–Crippen LogP) is 6.02. The number of hydrogen-bond acceptors (Lipinski definition) is 7. The summed E-state index contributed by atoms with van der Waals surface area (Å²) in [6, 6.07) is 15.5. The second-order valence-corrected chi connectivity index (χ2v) is 13.0. The second-order valence-electron chi connectivity index (χ2n) is 11.2. The van der Waals surface area contributed by atoms with Crippen LogP contribution in [0.25, 0.3) is 11.1 Å². The summed E-state index contributed by atoms with van der Waals surface area (Å²) in [6.07, 6.45) is 4.54. The van der Waals surface area contributed by atoms with Gasteiger partial charge < -0.3 is 16.0 Å². The van der Waals surface area contributed by atoms with Crippen molar-refractivity contribution in [3.8, 4) is 11.1 Å². The van der Waals surface area contributed by atoms with E-state index in [1.165, 1.54) is 30.3 Å². The molecule has 1 aromatic heterocycles. The van der Waals surface area contributed by atoms with Gasteiger partial charge in [-0.25, -0.2) is 26.9 Å². The van der Waals surface area contributed by atoms with Crippen LogP contribution >= 0.6 is 0 Å². The Morgan fingerprint density at radius 3 is 2.57 bits per heavy atom. The second kappa shape index (κ2) is 11.9. The first-order chi connectivity index (χ1) is 21.1.